The number of nitrogens with zero attached hydrogens (tertiary/aromatic N) is 1. The van der Waals surface area contributed by atoms with Crippen LogP contribution in [0.4, 0.5) is 13.2 Å². The fourth-order valence-electron chi connectivity index (χ4n) is 4.97. The largest absolute Gasteiger partial charge is 0.478 e. The molecule has 0 bridgehead atoms. The fourth-order valence-corrected chi connectivity index (χ4v) is 4.97. The van der Waals surface area contributed by atoms with Gasteiger partial charge in [-0.2, -0.15) is 0 Å². The van der Waals surface area contributed by atoms with Gasteiger partial charge < -0.3 is 5.11 Å². The molecule has 0 saturated heterocycles. The molecule has 1 heterocycles. The molecule has 2 aromatic carbocycles. The van der Waals surface area contributed by atoms with E-state index in [9.17, 15) is 9.18 Å². The minimum atomic E-state index is -1.55. The lowest BCUT2D eigenvalue weighted by molar-refractivity contribution is -0.131. The molecule has 168 valence electrons. The van der Waals surface area contributed by atoms with Crippen LogP contribution in [0.5, 0.6) is 0 Å². The van der Waals surface area contributed by atoms with Gasteiger partial charge in [0.2, 0.25) is 0 Å². The first-order valence-electron chi connectivity index (χ1n) is 10.7. The molecule has 32 heavy (non-hydrogen) atoms. The Morgan fingerprint density at radius 2 is 1.88 bits per heavy atom. The minimum absolute atomic E-state index is 0.0332. The average molecular weight is 441 g/mol. The van der Waals surface area contributed by atoms with Crippen molar-refractivity contribution in [1.82, 2.24) is 4.90 Å². The summed E-state index contributed by atoms with van der Waals surface area (Å²) in [5, 5.41) is 8.81. The SMILES string of the molecule is C[C@@H]1CC2=C(Cc3ccccc32)[C@H](c2c(F)cc(/C=C/C(=O)O)cc2F)N1CC(C)(C)F. The summed E-state index contributed by atoms with van der Waals surface area (Å²) in [5.74, 6) is -2.73. The highest BCUT2D eigenvalue weighted by atomic mass is 19.1. The van der Waals surface area contributed by atoms with E-state index in [1.807, 2.05) is 36.1 Å². The second-order valence-electron chi connectivity index (χ2n) is 9.25. The van der Waals surface area contributed by atoms with E-state index in [0.717, 1.165) is 46.6 Å². The highest BCUT2D eigenvalue weighted by Crippen LogP contribution is 2.50. The van der Waals surface area contributed by atoms with Gasteiger partial charge in [-0.15, -0.1) is 0 Å². The van der Waals surface area contributed by atoms with Crippen LogP contribution in [-0.2, 0) is 11.2 Å². The van der Waals surface area contributed by atoms with Crippen molar-refractivity contribution < 1.29 is 23.1 Å². The highest BCUT2D eigenvalue weighted by Gasteiger charge is 2.42. The summed E-state index contributed by atoms with van der Waals surface area (Å²) < 4.78 is 45.5. The standard InChI is InChI=1S/C26H26F3NO2/c1-15-10-19-18-7-5-4-6-17(18)13-20(19)25(30(15)14-26(2,3)29)24-21(27)11-16(12-22(24)28)8-9-23(31)32/h4-9,11-12,15,25H,10,13-14H2,1-3H3,(H,31,32)/b9-8+/t15-,25-/m1/s1. The number of carboxylic acid groups (broad SMARTS) is 1. The maximum absolute atomic E-state index is 15.4. The summed E-state index contributed by atoms with van der Waals surface area (Å²) in [5.41, 5.74) is 2.65. The number of alkyl halides is 1. The van der Waals surface area contributed by atoms with Crippen molar-refractivity contribution in [3.8, 4) is 0 Å². The highest BCUT2D eigenvalue weighted by molar-refractivity contribution is 5.85. The number of hydrogen-bond acceptors (Lipinski definition) is 2. The average Bonchev–Trinajstić information content (AvgIpc) is 3.05. The van der Waals surface area contributed by atoms with Gasteiger partial charge in [0.25, 0.3) is 0 Å². The predicted molar refractivity (Wildman–Crippen MR) is 119 cm³/mol. The Bertz CT molecular complexity index is 1110. The number of rotatable bonds is 5. The summed E-state index contributed by atoms with van der Waals surface area (Å²) in [6.07, 6.45) is 3.23. The van der Waals surface area contributed by atoms with Gasteiger partial charge in [-0.25, -0.2) is 18.0 Å². The van der Waals surface area contributed by atoms with Gasteiger partial charge in [0.15, 0.2) is 0 Å². The number of hydrogen-bond donors (Lipinski definition) is 1. The Hall–Kier alpha value is -2.86. The Morgan fingerprint density at radius 1 is 1.22 bits per heavy atom. The lowest BCUT2D eigenvalue weighted by Crippen LogP contribution is -2.47. The molecule has 0 amide bonds. The van der Waals surface area contributed by atoms with Crippen molar-refractivity contribution in [2.24, 2.45) is 0 Å². The first-order valence-corrected chi connectivity index (χ1v) is 10.7. The molecule has 0 spiro atoms. The van der Waals surface area contributed by atoms with Crippen LogP contribution in [0.1, 0.15) is 55.5 Å². The van der Waals surface area contributed by atoms with Crippen molar-refractivity contribution in [3.63, 3.8) is 0 Å². The summed E-state index contributed by atoms with van der Waals surface area (Å²) in [6.45, 7) is 4.93. The molecule has 4 rings (SSSR count). The van der Waals surface area contributed by atoms with Gasteiger partial charge in [0.1, 0.15) is 17.3 Å². The zero-order valence-electron chi connectivity index (χ0n) is 18.3. The first kappa shape index (κ1) is 22.3. The van der Waals surface area contributed by atoms with Crippen LogP contribution < -0.4 is 0 Å². The molecule has 0 unspecified atom stereocenters. The topological polar surface area (TPSA) is 40.5 Å². The zero-order chi connectivity index (χ0) is 23.2. The van der Waals surface area contributed by atoms with E-state index in [1.54, 1.807) is 0 Å². The third kappa shape index (κ3) is 4.24. The molecular formula is C26H26F3NO2. The monoisotopic (exact) mass is 441 g/mol. The molecule has 3 nitrogen and oxygen atoms in total. The molecule has 2 aromatic rings. The van der Waals surface area contributed by atoms with Crippen molar-refractivity contribution in [2.75, 3.05) is 6.54 Å². The van der Waals surface area contributed by atoms with Crippen molar-refractivity contribution in [3.05, 3.63) is 81.9 Å². The summed E-state index contributed by atoms with van der Waals surface area (Å²) in [7, 11) is 0. The maximum atomic E-state index is 15.4. The third-order valence-corrected chi connectivity index (χ3v) is 6.19. The molecule has 6 heteroatoms. The molecule has 1 N–H and O–H groups in total. The lowest BCUT2D eigenvalue weighted by atomic mass is 9.83. The molecular weight excluding hydrogens is 415 g/mol. The van der Waals surface area contributed by atoms with Gasteiger partial charge in [-0.05, 0) is 79.7 Å². The smallest absolute Gasteiger partial charge is 0.328 e. The van der Waals surface area contributed by atoms with E-state index in [1.165, 1.54) is 13.8 Å². The molecule has 0 fully saturated rings. The molecule has 0 saturated carbocycles. The Morgan fingerprint density at radius 3 is 2.50 bits per heavy atom. The van der Waals surface area contributed by atoms with Crippen LogP contribution in [0.25, 0.3) is 11.6 Å². The van der Waals surface area contributed by atoms with E-state index in [0.29, 0.717) is 12.8 Å². The van der Waals surface area contributed by atoms with Crippen LogP contribution in [0, 0.1) is 11.6 Å². The number of carbonyl (C=O) groups is 1. The molecule has 2 atom stereocenters. The second-order valence-corrected chi connectivity index (χ2v) is 9.25. The van der Waals surface area contributed by atoms with Crippen LogP contribution >= 0.6 is 0 Å². The summed E-state index contributed by atoms with van der Waals surface area (Å²) >= 11 is 0. The number of fused-ring (bicyclic) bond motifs is 2. The summed E-state index contributed by atoms with van der Waals surface area (Å²) in [6, 6.07) is 9.36. The number of aliphatic carboxylic acids is 1. The van der Waals surface area contributed by atoms with Crippen molar-refractivity contribution in [2.45, 2.75) is 51.4 Å². The first-order chi connectivity index (χ1) is 15.0. The Labute approximate surface area is 185 Å². The molecule has 1 aliphatic carbocycles. The van der Waals surface area contributed by atoms with Gasteiger partial charge in [0.05, 0.1) is 6.04 Å². The minimum Gasteiger partial charge on any atom is -0.478 e. The van der Waals surface area contributed by atoms with Crippen LogP contribution in [0.15, 0.2) is 48.0 Å². The Kier molecular flexibility index (Phi) is 5.76. The van der Waals surface area contributed by atoms with Gasteiger partial charge >= 0.3 is 5.97 Å². The fraction of sp³-hybridized carbons (Fsp3) is 0.346. The predicted octanol–water partition coefficient (Wildman–Crippen LogP) is 5.96. The van der Waals surface area contributed by atoms with Crippen LogP contribution in [0.2, 0.25) is 0 Å². The quantitative estimate of drug-likeness (QED) is 0.583. The molecule has 0 aromatic heterocycles. The van der Waals surface area contributed by atoms with Crippen LogP contribution in [-0.4, -0.2) is 34.2 Å². The third-order valence-electron chi connectivity index (χ3n) is 6.19. The number of carboxylic acids is 1. The summed E-state index contributed by atoms with van der Waals surface area (Å²) in [4.78, 5) is 12.6. The number of benzene rings is 2. The van der Waals surface area contributed by atoms with Crippen molar-refractivity contribution in [1.29, 1.82) is 0 Å². The zero-order valence-corrected chi connectivity index (χ0v) is 18.3. The maximum Gasteiger partial charge on any atom is 0.328 e. The van der Waals surface area contributed by atoms with Crippen LogP contribution in [0.3, 0.4) is 0 Å². The van der Waals surface area contributed by atoms with E-state index >= 15 is 8.78 Å². The van der Waals surface area contributed by atoms with Crippen molar-refractivity contribution >= 4 is 17.6 Å². The van der Waals surface area contributed by atoms with E-state index < -0.39 is 29.3 Å². The number of halogens is 3. The van der Waals surface area contributed by atoms with Gasteiger partial charge in [-0.3, -0.25) is 4.90 Å². The lowest BCUT2D eigenvalue weighted by Gasteiger charge is -2.44. The van der Waals surface area contributed by atoms with E-state index in [-0.39, 0.29) is 23.7 Å². The Balaban J connectivity index is 1.86. The van der Waals surface area contributed by atoms with E-state index in [4.69, 9.17) is 5.11 Å². The van der Waals surface area contributed by atoms with Gasteiger partial charge in [-0.1, -0.05) is 24.3 Å². The normalized spacial score (nSPS) is 21.2. The second kappa shape index (κ2) is 8.24. The van der Waals surface area contributed by atoms with E-state index in [2.05, 4.69) is 0 Å². The molecule has 0 radical (unpaired) electrons. The van der Waals surface area contributed by atoms with Gasteiger partial charge in [0, 0.05) is 24.2 Å². The molecule has 2 aliphatic rings. The molecule has 1 aliphatic heterocycles.